The summed E-state index contributed by atoms with van der Waals surface area (Å²) in [6, 6.07) is 5.17. The predicted octanol–water partition coefficient (Wildman–Crippen LogP) is 6.38. The van der Waals surface area contributed by atoms with Gasteiger partial charge in [0, 0.05) is 35.6 Å². The van der Waals surface area contributed by atoms with Crippen molar-refractivity contribution in [2.24, 2.45) is 5.41 Å². The number of carbonyl (C=O) groups is 1. The molecule has 1 fully saturated rings. The van der Waals surface area contributed by atoms with E-state index in [2.05, 4.69) is 18.7 Å². The van der Waals surface area contributed by atoms with E-state index in [4.69, 9.17) is 9.72 Å². The normalized spacial score (nSPS) is 17.2. The summed E-state index contributed by atoms with van der Waals surface area (Å²) in [4.78, 5) is 19.4. The van der Waals surface area contributed by atoms with Crippen LogP contribution in [0.25, 0.3) is 11.1 Å². The summed E-state index contributed by atoms with van der Waals surface area (Å²) >= 11 is 0. The zero-order chi connectivity index (χ0) is 24.7. The molecule has 33 heavy (non-hydrogen) atoms. The second-order valence-corrected chi connectivity index (χ2v) is 11.0. The summed E-state index contributed by atoms with van der Waals surface area (Å²) in [5.74, 6) is -1.35. The van der Waals surface area contributed by atoms with Crippen LogP contribution in [-0.2, 0) is 9.53 Å². The Morgan fingerprint density at radius 1 is 1.15 bits per heavy atom. The zero-order valence-corrected chi connectivity index (χ0v) is 21.2. The number of pyridine rings is 1. The monoisotopic (exact) mass is 456 g/mol. The number of piperidine rings is 1. The van der Waals surface area contributed by atoms with Gasteiger partial charge in [-0.15, -0.1) is 0 Å². The summed E-state index contributed by atoms with van der Waals surface area (Å²) in [6.45, 7) is 17.1. The summed E-state index contributed by atoms with van der Waals surface area (Å²) in [7, 11) is 0. The van der Waals surface area contributed by atoms with E-state index in [0.717, 1.165) is 42.9 Å². The second-order valence-electron chi connectivity index (χ2n) is 11.0. The lowest BCUT2D eigenvalue weighted by molar-refractivity contribution is -0.160. The van der Waals surface area contributed by atoms with Gasteiger partial charge in [-0.1, -0.05) is 26.0 Å². The van der Waals surface area contributed by atoms with Gasteiger partial charge in [0.25, 0.3) is 0 Å². The smallest absolute Gasteiger partial charge is 0.337 e. The van der Waals surface area contributed by atoms with Gasteiger partial charge in [-0.2, -0.15) is 0 Å². The minimum atomic E-state index is -1.18. The van der Waals surface area contributed by atoms with Gasteiger partial charge in [0.1, 0.15) is 5.82 Å². The Hall–Kier alpha value is -2.47. The molecule has 0 radical (unpaired) electrons. The fourth-order valence-electron chi connectivity index (χ4n) is 4.50. The molecule has 2 heterocycles. The Morgan fingerprint density at radius 2 is 1.76 bits per heavy atom. The zero-order valence-electron chi connectivity index (χ0n) is 21.2. The van der Waals surface area contributed by atoms with E-state index in [-0.39, 0.29) is 11.2 Å². The molecular formula is C27H37FN2O3. The van der Waals surface area contributed by atoms with E-state index in [1.54, 1.807) is 13.0 Å². The van der Waals surface area contributed by atoms with E-state index in [9.17, 15) is 14.3 Å². The number of aromatic nitrogens is 1. The molecule has 1 N–H and O–H groups in total. The van der Waals surface area contributed by atoms with Crippen LogP contribution in [0.15, 0.2) is 18.2 Å². The Balaban J connectivity index is 2.32. The van der Waals surface area contributed by atoms with Gasteiger partial charge in [0.05, 0.1) is 11.3 Å². The molecule has 5 nitrogen and oxygen atoms in total. The Bertz CT molecular complexity index is 1050. The van der Waals surface area contributed by atoms with Crippen LogP contribution in [-0.4, -0.2) is 34.8 Å². The van der Waals surface area contributed by atoms with E-state index in [0.29, 0.717) is 22.4 Å². The van der Waals surface area contributed by atoms with Crippen LogP contribution in [0.4, 0.5) is 10.1 Å². The van der Waals surface area contributed by atoms with Crippen molar-refractivity contribution in [3.05, 3.63) is 46.5 Å². The molecular weight excluding hydrogens is 419 g/mol. The van der Waals surface area contributed by atoms with Gasteiger partial charge >= 0.3 is 5.97 Å². The molecule has 1 unspecified atom stereocenters. The molecule has 6 heteroatoms. The lowest BCUT2D eigenvalue weighted by Gasteiger charge is -2.41. The van der Waals surface area contributed by atoms with Crippen molar-refractivity contribution in [2.45, 2.75) is 79.9 Å². The standard InChI is InChI=1S/C27H37FN2O3/c1-16-9-10-19(15-20(16)28)21-17(2)29-18(3)22(24(25(31)32)33-26(4,5)6)23(21)30-13-11-27(7,8)12-14-30/h9-10,15,24H,11-14H2,1-8H3,(H,31,32). The maximum atomic E-state index is 14.6. The SMILES string of the molecule is Cc1ccc(-c2c(C)nc(C)c(C(OC(C)(C)C)C(=O)O)c2N2CCC(C)(C)CC2)cc1F. The molecule has 180 valence electrons. The highest BCUT2D eigenvalue weighted by Gasteiger charge is 2.36. The number of nitrogens with zero attached hydrogens (tertiary/aromatic N) is 2. The third-order valence-corrected chi connectivity index (χ3v) is 6.43. The largest absolute Gasteiger partial charge is 0.479 e. The quantitative estimate of drug-likeness (QED) is 0.566. The first-order chi connectivity index (χ1) is 15.2. The van der Waals surface area contributed by atoms with E-state index in [1.165, 1.54) is 6.07 Å². The molecule has 0 spiro atoms. The van der Waals surface area contributed by atoms with Crippen molar-refractivity contribution >= 4 is 11.7 Å². The first kappa shape index (κ1) is 25.2. The number of hydrogen-bond acceptors (Lipinski definition) is 4. The molecule has 1 saturated heterocycles. The highest BCUT2D eigenvalue weighted by Crippen LogP contribution is 2.45. The molecule has 0 saturated carbocycles. The molecule has 0 bridgehead atoms. The number of anilines is 1. The van der Waals surface area contributed by atoms with Crippen LogP contribution in [0.2, 0.25) is 0 Å². The fraction of sp³-hybridized carbons (Fsp3) is 0.556. The fourth-order valence-corrected chi connectivity index (χ4v) is 4.50. The van der Waals surface area contributed by atoms with E-state index < -0.39 is 17.7 Å². The maximum absolute atomic E-state index is 14.6. The third-order valence-electron chi connectivity index (χ3n) is 6.43. The van der Waals surface area contributed by atoms with Gasteiger partial charge in [0.2, 0.25) is 0 Å². The van der Waals surface area contributed by atoms with Crippen LogP contribution in [0.3, 0.4) is 0 Å². The van der Waals surface area contributed by atoms with Gasteiger partial charge < -0.3 is 14.7 Å². The van der Waals surface area contributed by atoms with E-state index >= 15 is 0 Å². The lowest BCUT2D eigenvalue weighted by Crippen LogP contribution is -2.39. The molecule has 2 aromatic rings. The number of aliphatic carboxylic acids is 1. The van der Waals surface area contributed by atoms with Crippen LogP contribution in [0.5, 0.6) is 0 Å². The highest BCUT2D eigenvalue weighted by molar-refractivity contribution is 5.88. The number of carboxylic acids is 1. The maximum Gasteiger partial charge on any atom is 0.337 e. The van der Waals surface area contributed by atoms with Crippen LogP contribution in [0.1, 0.15) is 76.1 Å². The van der Waals surface area contributed by atoms with Crippen LogP contribution in [0, 0.1) is 32.0 Å². The number of carboxylic acid groups (broad SMARTS) is 1. The number of ether oxygens (including phenoxy) is 1. The summed E-state index contributed by atoms with van der Waals surface area (Å²) in [6.07, 6.45) is 0.774. The van der Waals surface area contributed by atoms with Crippen LogP contribution < -0.4 is 4.90 Å². The Kier molecular flexibility index (Phi) is 6.90. The molecule has 1 atom stereocenters. The lowest BCUT2D eigenvalue weighted by atomic mass is 9.81. The van der Waals surface area contributed by atoms with Crippen molar-refractivity contribution in [1.82, 2.24) is 4.98 Å². The summed E-state index contributed by atoms with van der Waals surface area (Å²) < 4.78 is 20.7. The van der Waals surface area contributed by atoms with Gasteiger partial charge in [-0.05, 0) is 77.0 Å². The number of aryl methyl sites for hydroxylation is 3. The van der Waals surface area contributed by atoms with E-state index in [1.807, 2.05) is 40.7 Å². The average molecular weight is 457 g/mol. The number of halogens is 1. The topological polar surface area (TPSA) is 62.7 Å². The number of hydrogen-bond donors (Lipinski definition) is 1. The van der Waals surface area contributed by atoms with Crippen molar-refractivity contribution in [3.8, 4) is 11.1 Å². The Labute approximate surface area is 197 Å². The average Bonchev–Trinajstić information content (AvgIpc) is 2.68. The van der Waals surface area contributed by atoms with Crippen molar-refractivity contribution in [1.29, 1.82) is 0 Å². The summed E-state index contributed by atoms with van der Waals surface area (Å²) in [5, 5.41) is 10.2. The third kappa shape index (κ3) is 5.55. The minimum Gasteiger partial charge on any atom is -0.479 e. The molecule has 1 aromatic heterocycles. The molecule has 3 rings (SSSR count). The van der Waals surface area contributed by atoms with Gasteiger partial charge in [-0.25, -0.2) is 9.18 Å². The number of benzene rings is 1. The number of rotatable bonds is 5. The first-order valence-electron chi connectivity index (χ1n) is 11.6. The van der Waals surface area contributed by atoms with Gasteiger partial charge in [0.15, 0.2) is 6.10 Å². The van der Waals surface area contributed by atoms with Crippen molar-refractivity contribution in [2.75, 3.05) is 18.0 Å². The van der Waals surface area contributed by atoms with Crippen LogP contribution >= 0.6 is 0 Å². The summed E-state index contributed by atoms with van der Waals surface area (Å²) in [5.41, 5.74) is 4.32. The molecule has 0 aliphatic carbocycles. The van der Waals surface area contributed by atoms with Crippen molar-refractivity contribution in [3.63, 3.8) is 0 Å². The molecule has 1 aliphatic heterocycles. The molecule has 1 aromatic carbocycles. The highest BCUT2D eigenvalue weighted by atomic mass is 19.1. The minimum absolute atomic E-state index is 0.220. The molecule has 1 aliphatic rings. The molecule has 0 amide bonds. The van der Waals surface area contributed by atoms with Crippen molar-refractivity contribution < 1.29 is 19.0 Å². The first-order valence-corrected chi connectivity index (χ1v) is 11.6. The predicted molar refractivity (Wildman–Crippen MR) is 130 cm³/mol. The Morgan fingerprint density at radius 3 is 2.27 bits per heavy atom. The second kappa shape index (κ2) is 9.05. The van der Waals surface area contributed by atoms with Gasteiger partial charge in [-0.3, -0.25) is 4.98 Å².